The molecule has 0 aliphatic carbocycles. The third-order valence-corrected chi connectivity index (χ3v) is 4.28. The zero-order chi connectivity index (χ0) is 14.5. The van der Waals surface area contributed by atoms with E-state index in [1.54, 1.807) is 0 Å². The maximum Gasteiger partial charge on any atom is 0.240 e. The van der Waals surface area contributed by atoms with E-state index < -0.39 is 0 Å². The normalized spacial score (nSPS) is 21.6. The average Bonchev–Trinajstić information content (AvgIpc) is 2.72. The molecule has 2 heterocycles. The number of nitrogens with two attached hydrogens (primary N) is 1. The first-order valence-corrected chi connectivity index (χ1v) is 7.82. The number of aromatic nitrogens is 1. The second kappa shape index (κ2) is 6.93. The number of hydrogen-bond acceptors (Lipinski definition) is 2. The molecule has 0 spiro atoms. The molecule has 2 atom stereocenters. The van der Waals surface area contributed by atoms with E-state index in [1.807, 2.05) is 4.90 Å². The number of nitrogens with zero attached hydrogens (tertiary/aromatic N) is 2. The van der Waals surface area contributed by atoms with Gasteiger partial charge in [-0.3, -0.25) is 4.79 Å². The van der Waals surface area contributed by atoms with Gasteiger partial charge in [0.1, 0.15) is 0 Å². The van der Waals surface area contributed by atoms with E-state index in [1.165, 1.54) is 18.5 Å². The molecular weight excluding hydrogens is 250 g/mol. The quantitative estimate of drug-likeness (QED) is 0.919. The van der Waals surface area contributed by atoms with E-state index in [-0.39, 0.29) is 18.0 Å². The summed E-state index contributed by atoms with van der Waals surface area (Å²) in [5.74, 6) is 0.125. The van der Waals surface area contributed by atoms with Crippen LogP contribution in [0.5, 0.6) is 0 Å². The lowest BCUT2D eigenvalue weighted by atomic mass is 10.0. The SMILES string of the molecule is CCC[C@H](N)C(=O)N1CCCCCC1c1cccn1C. The lowest BCUT2D eigenvalue weighted by Gasteiger charge is -2.32. The Morgan fingerprint density at radius 1 is 1.45 bits per heavy atom. The predicted molar refractivity (Wildman–Crippen MR) is 81.2 cm³/mol. The number of carbonyl (C=O) groups is 1. The zero-order valence-electron chi connectivity index (χ0n) is 12.7. The van der Waals surface area contributed by atoms with Gasteiger partial charge in [-0.15, -0.1) is 0 Å². The summed E-state index contributed by atoms with van der Waals surface area (Å²) in [7, 11) is 2.05. The van der Waals surface area contributed by atoms with Crippen molar-refractivity contribution in [2.75, 3.05) is 6.54 Å². The average molecular weight is 277 g/mol. The Labute approximate surface area is 121 Å². The summed E-state index contributed by atoms with van der Waals surface area (Å²) in [5, 5.41) is 0. The van der Waals surface area contributed by atoms with E-state index in [0.717, 1.165) is 32.2 Å². The number of amides is 1. The van der Waals surface area contributed by atoms with Crippen molar-refractivity contribution < 1.29 is 4.79 Å². The second-order valence-electron chi connectivity index (χ2n) is 5.84. The summed E-state index contributed by atoms with van der Waals surface area (Å²) in [4.78, 5) is 14.7. The van der Waals surface area contributed by atoms with Crippen LogP contribution in [-0.2, 0) is 11.8 Å². The van der Waals surface area contributed by atoms with Crippen LogP contribution < -0.4 is 5.73 Å². The Morgan fingerprint density at radius 2 is 2.25 bits per heavy atom. The largest absolute Gasteiger partial charge is 0.353 e. The lowest BCUT2D eigenvalue weighted by Crippen LogP contribution is -2.45. The van der Waals surface area contributed by atoms with Crippen LogP contribution in [0.2, 0.25) is 0 Å². The molecule has 1 unspecified atom stereocenters. The minimum atomic E-state index is -0.346. The minimum absolute atomic E-state index is 0.125. The molecule has 1 aliphatic heterocycles. The van der Waals surface area contributed by atoms with Crippen LogP contribution >= 0.6 is 0 Å². The summed E-state index contributed by atoms with van der Waals surface area (Å²) in [6.45, 7) is 2.91. The standard InChI is InChI=1S/C16H27N3O/c1-3-8-13(17)16(20)19-12-6-4-5-9-15(19)14-10-7-11-18(14)2/h7,10-11,13,15H,3-6,8-9,12,17H2,1-2H3/t13-,15?/m0/s1. The molecule has 1 aromatic heterocycles. The van der Waals surface area contributed by atoms with Gasteiger partial charge in [0.15, 0.2) is 0 Å². The van der Waals surface area contributed by atoms with Gasteiger partial charge < -0.3 is 15.2 Å². The molecule has 20 heavy (non-hydrogen) atoms. The predicted octanol–water partition coefficient (Wildman–Crippen LogP) is 2.60. The third kappa shape index (κ3) is 3.23. The first kappa shape index (κ1) is 15.1. The number of aryl methyl sites for hydroxylation is 1. The van der Waals surface area contributed by atoms with E-state index in [0.29, 0.717) is 0 Å². The summed E-state index contributed by atoms with van der Waals surface area (Å²) in [5.41, 5.74) is 7.29. The van der Waals surface area contributed by atoms with Crippen LogP contribution in [-0.4, -0.2) is 28.0 Å². The lowest BCUT2D eigenvalue weighted by molar-refractivity contribution is -0.135. The van der Waals surface area contributed by atoms with Crippen molar-refractivity contribution in [1.29, 1.82) is 0 Å². The Kier molecular flexibility index (Phi) is 5.24. The number of hydrogen-bond donors (Lipinski definition) is 1. The highest BCUT2D eigenvalue weighted by Crippen LogP contribution is 2.30. The van der Waals surface area contributed by atoms with Crippen LogP contribution in [0.3, 0.4) is 0 Å². The number of rotatable bonds is 4. The van der Waals surface area contributed by atoms with Crippen molar-refractivity contribution in [2.24, 2.45) is 12.8 Å². The van der Waals surface area contributed by atoms with Crippen molar-refractivity contribution >= 4 is 5.91 Å². The fourth-order valence-electron chi connectivity index (χ4n) is 3.15. The molecule has 2 rings (SSSR count). The van der Waals surface area contributed by atoms with E-state index >= 15 is 0 Å². The first-order valence-electron chi connectivity index (χ1n) is 7.82. The highest BCUT2D eigenvalue weighted by molar-refractivity contribution is 5.82. The van der Waals surface area contributed by atoms with Gasteiger partial charge >= 0.3 is 0 Å². The molecule has 4 heteroatoms. The van der Waals surface area contributed by atoms with E-state index in [9.17, 15) is 4.79 Å². The maximum atomic E-state index is 12.6. The monoisotopic (exact) mass is 277 g/mol. The molecule has 1 fully saturated rings. The van der Waals surface area contributed by atoms with Crippen molar-refractivity contribution in [3.8, 4) is 0 Å². The van der Waals surface area contributed by atoms with Crippen LogP contribution in [0.1, 0.15) is 57.2 Å². The molecule has 4 nitrogen and oxygen atoms in total. The Balaban J connectivity index is 2.21. The summed E-state index contributed by atoms with van der Waals surface area (Å²) >= 11 is 0. The van der Waals surface area contributed by atoms with Gasteiger partial charge in [0.25, 0.3) is 0 Å². The molecule has 0 bridgehead atoms. The molecule has 1 amide bonds. The van der Waals surface area contributed by atoms with Gasteiger partial charge in [0, 0.05) is 25.5 Å². The third-order valence-electron chi connectivity index (χ3n) is 4.28. The van der Waals surface area contributed by atoms with Gasteiger partial charge in [-0.05, 0) is 31.4 Å². The highest BCUT2D eigenvalue weighted by atomic mass is 16.2. The molecule has 1 saturated heterocycles. The Morgan fingerprint density at radius 3 is 2.90 bits per heavy atom. The van der Waals surface area contributed by atoms with Gasteiger partial charge in [0.2, 0.25) is 5.91 Å². The molecule has 1 aliphatic rings. The van der Waals surface area contributed by atoms with Crippen LogP contribution in [0, 0.1) is 0 Å². The summed E-state index contributed by atoms with van der Waals surface area (Å²) < 4.78 is 2.13. The van der Waals surface area contributed by atoms with Gasteiger partial charge in [0.05, 0.1) is 12.1 Å². The number of carbonyl (C=O) groups excluding carboxylic acids is 1. The molecule has 2 N–H and O–H groups in total. The first-order chi connectivity index (χ1) is 9.65. The van der Waals surface area contributed by atoms with Crippen molar-refractivity contribution in [1.82, 2.24) is 9.47 Å². The number of likely N-dealkylation sites (tertiary alicyclic amines) is 1. The Hall–Kier alpha value is -1.29. The molecule has 112 valence electrons. The van der Waals surface area contributed by atoms with Gasteiger partial charge in [-0.2, -0.15) is 0 Å². The summed E-state index contributed by atoms with van der Waals surface area (Å²) in [6.07, 6.45) is 8.30. The highest BCUT2D eigenvalue weighted by Gasteiger charge is 2.30. The molecule has 0 radical (unpaired) electrons. The van der Waals surface area contributed by atoms with E-state index in [4.69, 9.17) is 5.73 Å². The topological polar surface area (TPSA) is 51.3 Å². The van der Waals surface area contributed by atoms with Crippen LogP contribution in [0.15, 0.2) is 18.3 Å². The maximum absolute atomic E-state index is 12.6. The van der Waals surface area contributed by atoms with Crippen LogP contribution in [0.25, 0.3) is 0 Å². The molecule has 0 saturated carbocycles. The minimum Gasteiger partial charge on any atom is -0.353 e. The molecule has 0 aromatic carbocycles. The van der Waals surface area contributed by atoms with Crippen LogP contribution in [0.4, 0.5) is 0 Å². The Bertz CT molecular complexity index is 441. The van der Waals surface area contributed by atoms with Gasteiger partial charge in [-0.1, -0.05) is 26.2 Å². The van der Waals surface area contributed by atoms with Crippen molar-refractivity contribution in [3.63, 3.8) is 0 Å². The zero-order valence-corrected chi connectivity index (χ0v) is 12.7. The smallest absolute Gasteiger partial charge is 0.240 e. The van der Waals surface area contributed by atoms with Crippen molar-refractivity contribution in [3.05, 3.63) is 24.0 Å². The fraction of sp³-hybridized carbons (Fsp3) is 0.688. The van der Waals surface area contributed by atoms with E-state index in [2.05, 4.69) is 36.9 Å². The van der Waals surface area contributed by atoms with Crippen molar-refractivity contribution in [2.45, 2.75) is 57.5 Å². The molecule has 1 aromatic rings. The van der Waals surface area contributed by atoms with Gasteiger partial charge in [-0.25, -0.2) is 0 Å². The fourth-order valence-corrected chi connectivity index (χ4v) is 3.15. The molecular formula is C16H27N3O. The second-order valence-corrected chi connectivity index (χ2v) is 5.84. The summed E-state index contributed by atoms with van der Waals surface area (Å²) in [6, 6.07) is 4.02.